The van der Waals surface area contributed by atoms with E-state index in [1.165, 1.54) is 38.5 Å². The zero-order valence-electron chi connectivity index (χ0n) is 13.2. The van der Waals surface area contributed by atoms with Crippen LogP contribution in [0.4, 0.5) is 0 Å². The van der Waals surface area contributed by atoms with Gasteiger partial charge in [0.25, 0.3) is 0 Å². The Morgan fingerprint density at radius 3 is 2.85 bits per heavy atom. The van der Waals surface area contributed by atoms with Crippen LogP contribution in [-0.2, 0) is 0 Å². The van der Waals surface area contributed by atoms with Crippen LogP contribution in [0.1, 0.15) is 65.2 Å². The van der Waals surface area contributed by atoms with E-state index < -0.39 is 0 Å². The molecule has 2 rings (SSSR count). The van der Waals surface area contributed by atoms with Crippen molar-refractivity contribution in [2.24, 2.45) is 23.7 Å². The summed E-state index contributed by atoms with van der Waals surface area (Å²) in [6, 6.07) is 0. The van der Waals surface area contributed by atoms with Crippen LogP contribution in [0.5, 0.6) is 0 Å². The normalized spacial score (nSPS) is 36.4. The number of fused-ring (bicyclic) bond motifs is 1. The van der Waals surface area contributed by atoms with Crippen LogP contribution >= 0.6 is 0 Å². The van der Waals surface area contributed by atoms with Crippen LogP contribution in [-0.4, -0.2) is 22.4 Å². The van der Waals surface area contributed by atoms with Gasteiger partial charge in [0, 0.05) is 5.92 Å². The Kier molecular flexibility index (Phi) is 6.10. The highest BCUT2D eigenvalue weighted by molar-refractivity contribution is 5.05. The molecule has 4 unspecified atom stereocenters. The third-order valence-corrected chi connectivity index (χ3v) is 5.45. The fraction of sp³-hybridized carbons (Fsp3) is 0.889. The van der Waals surface area contributed by atoms with Gasteiger partial charge < -0.3 is 10.2 Å². The minimum atomic E-state index is -0.338. The first-order valence-electron chi connectivity index (χ1n) is 8.66. The van der Waals surface area contributed by atoms with Crippen molar-refractivity contribution in [3.63, 3.8) is 0 Å². The summed E-state index contributed by atoms with van der Waals surface area (Å²) >= 11 is 0. The van der Waals surface area contributed by atoms with Crippen LogP contribution < -0.4 is 0 Å². The minimum Gasteiger partial charge on any atom is -0.392 e. The molecule has 2 saturated carbocycles. The molecule has 2 heteroatoms. The molecular weight excluding hydrogens is 248 g/mol. The molecule has 20 heavy (non-hydrogen) atoms. The smallest absolute Gasteiger partial charge is 0.0723 e. The zero-order chi connectivity index (χ0) is 14.5. The Hall–Kier alpha value is -0.340. The molecule has 0 bridgehead atoms. The predicted octanol–water partition coefficient (Wildman–Crippen LogP) is 3.92. The van der Waals surface area contributed by atoms with E-state index >= 15 is 0 Å². The molecule has 2 aliphatic carbocycles. The van der Waals surface area contributed by atoms with Gasteiger partial charge in [0.1, 0.15) is 0 Å². The second kappa shape index (κ2) is 7.61. The number of rotatable bonds is 7. The molecule has 0 heterocycles. The van der Waals surface area contributed by atoms with Gasteiger partial charge in [-0.1, -0.05) is 58.1 Å². The molecule has 2 aliphatic rings. The van der Waals surface area contributed by atoms with E-state index in [2.05, 4.69) is 19.9 Å². The van der Waals surface area contributed by atoms with Crippen LogP contribution in [0, 0.1) is 23.7 Å². The van der Waals surface area contributed by atoms with Crippen molar-refractivity contribution in [2.75, 3.05) is 0 Å². The average Bonchev–Trinajstić information content (AvgIpc) is 2.94. The molecular formula is C18H32O2. The van der Waals surface area contributed by atoms with Crippen LogP contribution in [0.3, 0.4) is 0 Å². The summed E-state index contributed by atoms with van der Waals surface area (Å²) in [7, 11) is 0. The highest BCUT2D eigenvalue weighted by Gasteiger charge is 2.43. The Bertz CT molecular complexity index is 313. The standard InChI is InChI=1S/C18H32O2/c1-3-4-6-13(2)11-15(19)9-10-17-16-8-5-7-14(16)12-18(17)20/h9-10,13-20H,3-8,11-12H2,1-2H3/b10-9+/t13-,14?,15-,16?,17?,18?/m0/s1. The number of unbranched alkanes of at least 4 members (excludes halogenated alkanes) is 1. The third kappa shape index (κ3) is 4.08. The summed E-state index contributed by atoms with van der Waals surface area (Å²) in [5, 5.41) is 20.3. The van der Waals surface area contributed by atoms with Gasteiger partial charge in [-0.2, -0.15) is 0 Å². The van der Waals surface area contributed by atoms with Crippen LogP contribution in [0.2, 0.25) is 0 Å². The molecule has 2 N–H and O–H groups in total. The monoisotopic (exact) mass is 280 g/mol. The first kappa shape index (κ1) is 16.0. The molecule has 0 amide bonds. The van der Waals surface area contributed by atoms with Gasteiger partial charge in [0.15, 0.2) is 0 Å². The van der Waals surface area contributed by atoms with Crippen molar-refractivity contribution < 1.29 is 10.2 Å². The van der Waals surface area contributed by atoms with Crippen molar-refractivity contribution in [2.45, 2.75) is 77.4 Å². The molecule has 116 valence electrons. The lowest BCUT2D eigenvalue weighted by Gasteiger charge is -2.18. The largest absolute Gasteiger partial charge is 0.392 e. The summed E-state index contributed by atoms with van der Waals surface area (Å²) in [5.74, 6) is 2.29. The minimum absolute atomic E-state index is 0.175. The van der Waals surface area contributed by atoms with Gasteiger partial charge in [0.05, 0.1) is 12.2 Å². The molecule has 0 aromatic rings. The fourth-order valence-electron chi connectivity index (χ4n) is 4.31. The van der Waals surface area contributed by atoms with Gasteiger partial charge in [-0.15, -0.1) is 0 Å². The van der Waals surface area contributed by atoms with Gasteiger partial charge >= 0.3 is 0 Å². The van der Waals surface area contributed by atoms with E-state index in [-0.39, 0.29) is 12.2 Å². The van der Waals surface area contributed by atoms with E-state index in [9.17, 15) is 10.2 Å². The molecule has 0 radical (unpaired) electrons. The summed E-state index contributed by atoms with van der Waals surface area (Å²) in [5.41, 5.74) is 0. The fourth-order valence-corrected chi connectivity index (χ4v) is 4.31. The van der Waals surface area contributed by atoms with E-state index in [0.29, 0.717) is 17.8 Å². The molecule has 0 spiro atoms. The highest BCUT2D eigenvalue weighted by Crippen LogP contribution is 2.48. The number of aliphatic hydroxyl groups excluding tert-OH is 2. The Morgan fingerprint density at radius 2 is 2.10 bits per heavy atom. The Balaban J connectivity index is 1.79. The van der Waals surface area contributed by atoms with E-state index in [1.54, 1.807) is 0 Å². The van der Waals surface area contributed by atoms with Gasteiger partial charge in [-0.05, 0) is 37.0 Å². The van der Waals surface area contributed by atoms with Crippen LogP contribution in [0.25, 0.3) is 0 Å². The average molecular weight is 280 g/mol. The SMILES string of the molecule is CCCC[C@H](C)C[C@@H](O)/C=C/C1C(O)CC2CCCC21. The van der Waals surface area contributed by atoms with Gasteiger partial charge in [-0.25, -0.2) is 0 Å². The first-order chi connectivity index (χ1) is 9.61. The van der Waals surface area contributed by atoms with E-state index in [4.69, 9.17) is 0 Å². The summed E-state index contributed by atoms with van der Waals surface area (Å²) in [6.45, 7) is 4.44. The van der Waals surface area contributed by atoms with Gasteiger partial charge in [0.2, 0.25) is 0 Å². The molecule has 0 aromatic heterocycles. The number of hydrogen-bond acceptors (Lipinski definition) is 2. The molecule has 0 aromatic carbocycles. The van der Waals surface area contributed by atoms with E-state index in [0.717, 1.165) is 18.8 Å². The molecule has 6 atom stereocenters. The third-order valence-electron chi connectivity index (χ3n) is 5.45. The van der Waals surface area contributed by atoms with Crippen molar-refractivity contribution in [1.29, 1.82) is 0 Å². The lowest BCUT2D eigenvalue weighted by atomic mass is 9.90. The first-order valence-corrected chi connectivity index (χ1v) is 8.66. The van der Waals surface area contributed by atoms with Crippen molar-refractivity contribution >= 4 is 0 Å². The lowest BCUT2D eigenvalue weighted by molar-refractivity contribution is 0.137. The van der Waals surface area contributed by atoms with Crippen LogP contribution in [0.15, 0.2) is 12.2 Å². The van der Waals surface area contributed by atoms with Crippen molar-refractivity contribution in [1.82, 2.24) is 0 Å². The quantitative estimate of drug-likeness (QED) is 0.694. The maximum Gasteiger partial charge on any atom is 0.0723 e. The second-order valence-corrected chi connectivity index (χ2v) is 7.17. The van der Waals surface area contributed by atoms with Gasteiger partial charge in [-0.3, -0.25) is 0 Å². The van der Waals surface area contributed by atoms with E-state index in [1.807, 2.05) is 6.08 Å². The maximum absolute atomic E-state index is 10.2. The second-order valence-electron chi connectivity index (χ2n) is 7.17. The zero-order valence-corrected chi connectivity index (χ0v) is 13.2. The summed E-state index contributed by atoms with van der Waals surface area (Å²) in [4.78, 5) is 0. The summed E-state index contributed by atoms with van der Waals surface area (Å²) < 4.78 is 0. The lowest BCUT2D eigenvalue weighted by Crippen LogP contribution is -2.17. The molecule has 2 fully saturated rings. The number of hydrogen-bond donors (Lipinski definition) is 2. The topological polar surface area (TPSA) is 40.5 Å². The maximum atomic E-state index is 10.2. The molecule has 0 saturated heterocycles. The number of aliphatic hydroxyl groups is 2. The van der Waals surface area contributed by atoms with Crippen molar-refractivity contribution in [3.05, 3.63) is 12.2 Å². The summed E-state index contributed by atoms with van der Waals surface area (Å²) in [6.07, 6.45) is 13.0. The highest BCUT2D eigenvalue weighted by atomic mass is 16.3. The Labute approximate surface area is 124 Å². The predicted molar refractivity (Wildman–Crippen MR) is 83.4 cm³/mol. The van der Waals surface area contributed by atoms with Crippen molar-refractivity contribution in [3.8, 4) is 0 Å². The molecule has 0 aliphatic heterocycles. The molecule has 2 nitrogen and oxygen atoms in total. The Morgan fingerprint density at radius 1 is 1.30 bits per heavy atom.